The highest BCUT2D eigenvalue weighted by molar-refractivity contribution is 5.88. The van der Waals surface area contributed by atoms with E-state index in [4.69, 9.17) is 14.2 Å². The fourth-order valence-electron chi connectivity index (χ4n) is 3.30. The van der Waals surface area contributed by atoms with E-state index < -0.39 is 23.4 Å². The number of imide groups is 1. The summed E-state index contributed by atoms with van der Waals surface area (Å²) >= 11 is 0. The number of amides is 2. The minimum atomic E-state index is -0.683. The van der Waals surface area contributed by atoms with Crippen molar-refractivity contribution in [3.8, 4) is 0 Å². The molecule has 25 heavy (non-hydrogen) atoms. The molecule has 0 aromatic heterocycles. The maximum absolute atomic E-state index is 12.7. The van der Waals surface area contributed by atoms with Gasteiger partial charge in [0.1, 0.15) is 11.2 Å². The predicted molar refractivity (Wildman–Crippen MR) is 93.4 cm³/mol. The van der Waals surface area contributed by atoms with Crippen LogP contribution in [0.3, 0.4) is 0 Å². The Labute approximate surface area is 150 Å². The summed E-state index contributed by atoms with van der Waals surface area (Å²) in [5.41, 5.74) is -1.55. The van der Waals surface area contributed by atoms with Gasteiger partial charge in [-0.25, -0.2) is 14.5 Å². The molecule has 2 aliphatic rings. The van der Waals surface area contributed by atoms with Gasteiger partial charge in [0.25, 0.3) is 0 Å². The monoisotopic (exact) mass is 356 g/mol. The van der Waals surface area contributed by atoms with Gasteiger partial charge in [0.15, 0.2) is 0 Å². The van der Waals surface area contributed by atoms with Crippen molar-refractivity contribution < 1.29 is 23.8 Å². The van der Waals surface area contributed by atoms with E-state index in [0.717, 1.165) is 24.4 Å². The largest absolute Gasteiger partial charge is 0.443 e. The van der Waals surface area contributed by atoms with E-state index in [9.17, 15) is 9.59 Å². The molecule has 2 heterocycles. The molecule has 0 bridgehead atoms. The van der Waals surface area contributed by atoms with Crippen LogP contribution in [0, 0.1) is 11.3 Å². The number of ether oxygens (including phenoxy) is 3. The standard InChI is InChI=1S/C18H32N2O5/c1-16(2,3)24-14(21)20(15(22)25-17(4,5)6)12-18-7-8-23-10-13(18)9-19-11-18/h13,19H,7-12H2,1-6H3. The van der Waals surface area contributed by atoms with Gasteiger partial charge < -0.3 is 19.5 Å². The zero-order valence-electron chi connectivity index (χ0n) is 16.3. The zero-order valence-corrected chi connectivity index (χ0v) is 16.3. The summed E-state index contributed by atoms with van der Waals surface area (Å²) in [6.07, 6.45) is -0.520. The van der Waals surface area contributed by atoms with Crippen LogP contribution in [0.2, 0.25) is 0 Å². The van der Waals surface area contributed by atoms with Crippen molar-refractivity contribution in [3.63, 3.8) is 0 Å². The van der Waals surface area contributed by atoms with E-state index in [1.165, 1.54) is 0 Å². The Morgan fingerprint density at radius 2 is 1.68 bits per heavy atom. The quantitative estimate of drug-likeness (QED) is 0.820. The van der Waals surface area contributed by atoms with E-state index >= 15 is 0 Å². The molecule has 0 saturated carbocycles. The Morgan fingerprint density at radius 1 is 1.12 bits per heavy atom. The molecule has 2 atom stereocenters. The van der Waals surface area contributed by atoms with Crippen LogP contribution in [0.25, 0.3) is 0 Å². The fraction of sp³-hybridized carbons (Fsp3) is 0.889. The van der Waals surface area contributed by atoms with Crippen LogP contribution < -0.4 is 5.32 Å². The minimum absolute atomic E-state index is 0.188. The molecule has 2 unspecified atom stereocenters. The molecule has 144 valence electrons. The number of nitrogens with zero attached hydrogens (tertiary/aromatic N) is 1. The number of carbonyl (C=O) groups is 2. The van der Waals surface area contributed by atoms with Crippen molar-refractivity contribution in [2.75, 3.05) is 32.8 Å². The lowest BCUT2D eigenvalue weighted by Crippen LogP contribution is -2.52. The van der Waals surface area contributed by atoms with Crippen molar-refractivity contribution >= 4 is 12.2 Å². The predicted octanol–water partition coefficient (Wildman–Crippen LogP) is 2.78. The molecular formula is C18H32N2O5. The van der Waals surface area contributed by atoms with Gasteiger partial charge in [-0.05, 0) is 48.0 Å². The number of hydrogen-bond donors (Lipinski definition) is 1. The first-order valence-corrected chi connectivity index (χ1v) is 8.94. The number of hydrogen-bond acceptors (Lipinski definition) is 6. The molecular weight excluding hydrogens is 324 g/mol. The van der Waals surface area contributed by atoms with Gasteiger partial charge in [-0.15, -0.1) is 0 Å². The molecule has 0 spiro atoms. The SMILES string of the molecule is CC(C)(C)OC(=O)N(CC12CCOCC1CNC2)C(=O)OC(C)(C)C. The molecule has 0 aromatic rings. The Kier molecular flexibility index (Phi) is 5.68. The van der Waals surface area contributed by atoms with Crippen LogP contribution in [-0.4, -0.2) is 61.1 Å². The summed E-state index contributed by atoms with van der Waals surface area (Å²) in [6.45, 7) is 13.8. The molecule has 2 aliphatic heterocycles. The maximum Gasteiger partial charge on any atom is 0.419 e. The third-order valence-corrected chi connectivity index (χ3v) is 4.50. The fourth-order valence-corrected chi connectivity index (χ4v) is 3.30. The highest BCUT2D eigenvalue weighted by Gasteiger charge is 2.48. The topological polar surface area (TPSA) is 77.1 Å². The van der Waals surface area contributed by atoms with Crippen LogP contribution in [0.15, 0.2) is 0 Å². The van der Waals surface area contributed by atoms with Gasteiger partial charge in [0.05, 0.1) is 6.61 Å². The third kappa shape index (κ3) is 5.31. The van der Waals surface area contributed by atoms with Gasteiger partial charge in [0, 0.05) is 37.6 Å². The molecule has 2 rings (SSSR count). The first kappa shape index (κ1) is 20.0. The van der Waals surface area contributed by atoms with E-state index in [0.29, 0.717) is 13.2 Å². The molecule has 2 amide bonds. The lowest BCUT2D eigenvalue weighted by atomic mass is 9.74. The second-order valence-electron chi connectivity index (χ2n) is 9.06. The molecule has 0 aliphatic carbocycles. The molecule has 2 saturated heterocycles. The van der Waals surface area contributed by atoms with Crippen LogP contribution >= 0.6 is 0 Å². The lowest BCUT2D eigenvalue weighted by Gasteiger charge is -2.41. The second kappa shape index (κ2) is 7.11. The summed E-state index contributed by atoms with van der Waals surface area (Å²) in [4.78, 5) is 26.5. The smallest absolute Gasteiger partial charge is 0.419 e. The van der Waals surface area contributed by atoms with E-state index in [1.807, 2.05) is 0 Å². The highest BCUT2D eigenvalue weighted by Crippen LogP contribution is 2.39. The lowest BCUT2D eigenvalue weighted by molar-refractivity contribution is -0.0433. The third-order valence-electron chi connectivity index (χ3n) is 4.50. The number of carbonyl (C=O) groups excluding carboxylic acids is 2. The van der Waals surface area contributed by atoms with Crippen molar-refractivity contribution in [1.29, 1.82) is 0 Å². The van der Waals surface area contributed by atoms with Crippen LogP contribution in [-0.2, 0) is 14.2 Å². The van der Waals surface area contributed by atoms with Gasteiger partial charge in [-0.2, -0.15) is 0 Å². The molecule has 7 nitrogen and oxygen atoms in total. The molecule has 0 radical (unpaired) electrons. The summed E-state index contributed by atoms with van der Waals surface area (Å²) in [6, 6.07) is 0. The maximum atomic E-state index is 12.7. The van der Waals surface area contributed by atoms with E-state index in [2.05, 4.69) is 5.32 Å². The summed E-state index contributed by atoms with van der Waals surface area (Å²) < 4.78 is 16.5. The van der Waals surface area contributed by atoms with Crippen LogP contribution in [0.5, 0.6) is 0 Å². The Balaban J connectivity index is 2.21. The number of fused-ring (bicyclic) bond motifs is 1. The minimum Gasteiger partial charge on any atom is -0.443 e. The first-order valence-electron chi connectivity index (χ1n) is 8.94. The summed E-state index contributed by atoms with van der Waals surface area (Å²) in [5.74, 6) is 0.272. The summed E-state index contributed by atoms with van der Waals surface area (Å²) in [5, 5.41) is 3.37. The summed E-state index contributed by atoms with van der Waals surface area (Å²) in [7, 11) is 0. The number of nitrogens with one attached hydrogen (secondary N) is 1. The van der Waals surface area contributed by atoms with Crippen LogP contribution in [0.1, 0.15) is 48.0 Å². The second-order valence-corrected chi connectivity index (χ2v) is 9.06. The normalized spacial score (nSPS) is 26.7. The van der Waals surface area contributed by atoms with Gasteiger partial charge in [-0.3, -0.25) is 0 Å². The molecule has 0 aromatic carbocycles. The van der Waals surface area contributed by atoms with Crippen molar-refractivity contribution in [3.05, 3.63) is 0 Å². The van der Waals surface area contributed by atoms with E-state index in [-0.39, 0.29) is 17.9 Å². The molecule has 2 fully saturated rings. The average molecular weight is 356 g/mol. The van der Waals surface area contributed by atoms with E-state index in [1.54, 1.807) is 41.5 Å². The average Bonchev–Trinajstić information content (AvgIpc) is 2.84. The van der Waals surface area contributed by atoms with Crippen LogP contribution in [0.4, 0.5) is 9.59 Å². The first-order chi connectivity index (χ1) is 11.4. The van der Waals surface area contributed by atoms with Crippen molar-refractivity contribution in [1.82, 2.24) is 10.2 Å². The highest BCUT2D eigenvalue weighted by atomic mass is 16.6. The Bertz CT molecular complexity index is 481. The molecule has 7 heteroatoms. The van der Waals surface area contributed by atoms with Crippen molar-refractivity contribution in [2.45, 2.75) is 59.2 Å². The van der Waals surface area contributed by atoms with Gasteiger partial charge in [0.2, 0.25) is 0 Å². The van der Waals surface area contributed by atoms with Crippen molar-refractivity contribution in [2.24, 2.45) is 11.3 Å². The van der Waals surface area contributed by atoms with Gasteiger partial charge in [-0.1, -0.05) is 0 Å². The Hall–Kier alpha value is -1.34. The van der Waals surface area contributed by atoms with Gasteiger partial charge >= 0.3 is 12.2 Å². The number of rotatable bonds is 2. The Morgan fingerprint density at radius 3 is 2.20 bits per heavy atom. The zero-order chi connectivity index (χ0) is 18.9. The molecule has 1 N–H and O–H groups in total.